The molecule has 22 heavy (non-hydrogen) atoms. The van der Waals surface area contributed by atoms with Crippen LogP contribution >= 0.6 is 12.2 Å². The Kier molecular flexibility index (Phi) is 3.54. The molecule has 0 aliphatic carbocycles. The molecule has 0 bridgehead atoms. The Bertz CT molecular complexity index is 806. The van der Waals surface area contributed by atoms with Crippen LogP contribution < -0.4 is 10.6 Å². The van der Waals surface area contributed by atoms with Crippen molar-refractivity contribution >= 4 is 29.3 Å². The number of hydrogen-bond donors (Lipinski definition) is 2. The van der Waals surface area contributed by atoms with E-state index in [1.165, 1.54) is 12.1 Å². The summed E-state index contributed by atoms with van der Waals surface area (Å²) in [4.78, 5) is 11.7. The second-order valence-corrected chi connectivity index (χ2v) is 5.51. The fourth-order valence-electron chi connectivity index (χ4n) is 2.56. The Hall–Kier alpha value is -2.47. The normalized spacial score (nSPS) is 16.0. The molecule has 6 heteroatoms. The van der Waals surface area contributed by atoms with Gasteiger partial charge in [0.2, 0.25) is 0 Å². The first-order valence-electron chi connectivity index (χ1n) is 6.74. The topological polar surface area (TPSA) is 46.1 Å². The molecule has 1 aliphatic heterocycles. The van der Waals surface area contributed by atoms with Crippen molar-refractivity contribution in [3.63, 3.8) is 0 Å². The quantitative estimate of drug-likeness (QED) is 0.661. The lowest BCUT2D eigenvalue weighted by Gasteiger charge is -2.09. The first-order chi connectivity index (χ1) is 10.5. The van der Waals surface area contributed by atoms with Gasteiger partial charge in [0.25, 0.3) is 5.91 Å². The van der Waals surface area contributed by atoms with E-state index in [2.05, 4.69) is 10.6 Å². The Labute approximate surface area is 132 Å². The molecule has 0 unspecified atom stereocenters. The van der Waals surface area contributed by atoms with Gasteiger partial charge in [-0.3, -0.25) is 10.1 Å². The maximum Gasteiger partial charge on any atom is 0.273 e. The number of aryl methyl sites for hydroxylation is 1. The average molecular weight is 315 g/mol. The molecule has 1 fully saturated rings. The number of carbonyl (C=O) groups excluding carboxylic acids is 1. The van der Waals surface area contributed by atoms with Crippen molar-refractivity contribution < 1.29 is 9.18 Å². The fraction of sp³-hybridized carbons (Fsp3) is 0.125. The summed E-state index contributed by atoms with van der Waals surface area (Å²) >= 11 is 4.92. The summed E-state index contributed by atoms with van der Waals surface area (Å²) in [6, 6.07) is 8.28. The van der Waals surface area contributed by atoms with E-state index in [0.29, 0.717) is 10.8 Å². The number of rotatable bonds is 2. The number of hydrogen-bond acceptors (Lipinski definition) is 2. The highest BCUT2D eigenvalue weighted by atomic mass is 32.1. The number of benzene rings is 1. The summed E-state index contributed by atoms with van der Waals surface area (Å²) in [6.07, 6.45) is 1.76. The molecule has 0 atom stereocenters. The zero-order chi connectivity index (χ0) is 15.9. The summed E-state index contributed by atoms with van der Waals surface area (Å²) in [6.45, 7) is 3.92. The van der Waals surface area contributed by atoms with Crippen molar-refractivity contribution in [2.75, 3.05) is 0 Å². The van der Waals surface area contributed by atoms with E-state index in [1.54, 1.807) is 18.2 Å². The Morgan fingerprint density at radius 3 is 2.45 bits per heavy atom. The SMILES string of the molecule is Cc1cc(C=C2NC(=S)NC2=O)c(C)n1-c1ccc(F)cc1. The van der Waals surface area contributed by atoms with E-state index in [4.69, 9.17) is 12.2 Å². The lowest BCUT2D eigenvalue weighted by molar-refractivity contribution is -0.115. The molecule has 2 N–H and O–H groups in total. The van der Waals surface area contributed by atoms with Crippen LogP contribution in [0.5, 0.6) is 0 Å². The van der Waals surface area contributed by atoms with Crippen LogP contribution in [0.15, 0.2) is 36.0 Å². The monoisotopic (exact) mass is 315 g/mol. The van der Waals surface area contributed by atoms with Crippen LogP contribution in [-0.4, -0.2) is 15.6 Å². The highest BCUT2D eigenvalue weighted by Gasteiger charge is 2.21. The van der Waals surface area contributed by atoms with Gasteiger partial charge >= 0.3 is 0 Å². The highest BCUT2D eigenvalue weighted by molar-refractivity contribution is 7.80. The van der Waals surface area contributed by atoms with E-state index < -0.39 is 0 Å². The van der Waals surface area contributed by atoms with Crippen LogP contribution in [0.25, 0.3) is 11.8 Å². The number of aromatic nitrogens is 1. The number of halogens is 1. The van der Waals surface area contributed by atoms with Gasteiger partial charge in [-0.2, -0.15) is 0 Å². The average Bonchev–Trinajstić information content (AvgIpc) is 2.92. The number of nitrogens with zero attached hydrogens (tertiary/aromatic N) is 1. The molecule has 1 aromatic heterocycles. The summed E-state index contributed by atoms with van der Waals surface area (Å²) in [5.41, 5.74) is 4.16. The molecule has 2 aromatic rings. The van der Waals surface area contributed by atoms with Crippen LogP contribution in [-0.2, 0) is 4.79 Å². The minimum absolute atomic E-state index is 0.239. The van der Waals surface area contributed by atoms with Gasteiger partial charge in [-0.15, -0.1) is 0 Å². The molecule has 1 aliphatic rings. The number of carbonyl (C=O) groups is 1. The van der Waals surface area contributed by atoms with Gasteiger partial charge < -0.3 is 9.88 Å². The molecular formula is C16H14FN3OS. The maximum atomic E-state index is 13.1. The van der Waals surface area contributed by atoms with Crippen LogP contribution in [0.3, 0.4) is 0 Å². The smallest absolute Gasteiger partial charge is 0.273 e. The number of amides is 1. The zero-order valence-electron chi connectivity index (χ0n) is 12.1. The fourth-order valence-corrected chi connectivity index (χ4v) is 2.76. The van der Waals surface area contributed by atoms with Gasteiger partial charge in [0.05, 0.1) is 0 Å². The van der Waals surface area contributed by atoms with E-state index in [9.17, 15) is 9.18 Å². The highest BCUT2D eigenvalue weighted by Crippen LogP contribution is 2.23. The first kappa shape index (κ1) is 14.5. The third-order valence-corrected chi connectivity index (χ3v) is 3.78. The zero-order valence-corrected chi connectivity index (χ0v) is 12.9. The predicted molar refractivity (Wildman–Crippen MR) is 87.1 cm³/mol. The Morgan fingerprint density at radius 1 is 1.18 bits per heavy atom. The number of thiocarbonyl (C=S) groups is 1. The van der Waals surface area contributed by atoms with Crippen LogP contribution in [0.2, 0.25) is 0 Å². The molecule has 1 amide bonds. The lowest BCUT2D eigenvalue weighted by atomic mass is 10.2. The second kappa shape index (κ2) is 5.38. The van der Waals surface area contributed by atoms with E-state index in [-0.39, 0.29) is 11.7 Å². The van der Waals surface area contributed by atoms with Crippen molar-refractivity contribution in [1.29, 1.82) is 0 Å². The van der Waals surface area contributed by atoms with Crippen molar-refractivity contribution in [2.45, 2.75) is 13.8 Å². The van der Waals surface area contributed by atoms with Crippen LogP contribution in [0.1, 0.15) is 17.0 Å². The summed E-state index contributed by atoms with van der Waals surface area (Å²) < 4.78 is 15.1. The van der Waals surface area contributed by atoms with Gasteiger partial charge in [0, 0.05) is 17.1 Å². The van der Waals surface area contributed by atoms with Gasteiger partial charge in [-0.25, -0.2) is 4.39 Å². The second-order valence-electron chi connectivity index (χ2n) is 5.10. The number of nitrogens with one attached hydrogen (secondary N) is 2. The molecule has 2 heterocycles. The molecule has 3 rings (SSSR count). The lowest BCUT2D eigenvalue weighted by Crippen LogP contribution is -2.21. The predicted octanol–water partition coefficient (Wildman–Crippen LogP) is 2.58. The van der Waals surface area contributed by atoms with E-state index in [0.717, 1.165) is 22.6 Å². The molecular weight excluding hydrogens is 301 g/mol. The van der Waals surface area contributed by atoms with Crippen LogP contribution in [0, 0.1) is 19.7 Å². The summed E-state index contributed by atoms with van der Waals surface area (Å²) in [5.74, 6) is -0.509. The molecule has 1 saturated heterocycles. The van der Waals surface area contributed by atoms with Crippen molar-refractivity contribution in [3.05, 3.63) is 58.8 Å². The molecule has 1 aromatic carbocycles. The van der Waals surface area contributed by atoms with Crippen LogP contribution in [0.4, 0.5) is 4.39 Å². The van der Waals surface area contributed by atoms with E-state index in [1.807, 2.05) is 24.5 Å². The first-order valence-corrected chi connectivity index (χ1v) is 7.15. The maximum absolute atomic E-state index is 13.1. The third kappa shape index (κ3) is 2.53. The molecule has 4 nitrogen and oxygen atoms in total. The largest absolute Gasteiger partial charge is 0.328 e. The van der Waals surface area contributed by atoms with Gasteiger partial charge in [-0.1, -0.05) is 0 Å². The van der Waals surface area contributed by atoms with Gasteiger partial charge in [-0.05, 0) is 68.0 Å². The standard InChI is InChI=1S/C16H14FN3OS/c1-9-7-11(8-14-15(21)19-16(22)18-14)10(2)20(9)13-5-3-12(17)4-6-13/h3-8H,1-2H3,(H2,18,19,21,22). The Balaban J connectivity index is 2.04. The molecule has 0 saturated carbocycles. The van der Waals surface area contributed by atoms with Gasteiger partial charge in [0.1, 0.15) is 11.5 Å². The summed E-state index contributed by atoms with van der Waals surface area (Å²) in [7, 11) is 0. The van der Waals surface area contributed by atoms with Crippen molar-refractivity contribution in [1.82, 2.24) is 15.2 Å². The molecule has 0 radical (unpaired) electrons. The van der Waals surface area contributed by atoms with E-state index >= 15 is 0 Å². The minimum Gasteiger partial charge on any atom is -0.328 e. The van der Waals surface area contributed by atoms with Crippen molar-refractivity contribution in [2.24, 2.45) is 0 Å². The third-order valence-electron chi connectivity index (χ3n) is 3.57. The minimum atomic E-state index is -0.270. The molecule has 112 valence electrons. The molecule has 0 spiro atoms. The van der Waals surface area contributed by atoms with Crippen molar-refractivity contribution in [3.8, 4) is 5.69 Å². The van der Waals surface area contributed by atoms with Gasteiger partial charge in [0.15, 0.2) is 5.11 Å². The summed E-state index contributed by atoms with van der Waals surface area (Å²) in [5, 5.41) is 5.67. The Morgan fingerprint density at radius 2 is 1.86 bits per heavy atom.